The number of ether oxygens (including phenoxy) is 1. The molecule has 3 nitrogen and oxygen atoms in total. The molecular formula is C15H18N2O. The van der Waals surface area contributed by atoms with E-state index in [4.69, 9.17) is 4.74 Å². The monoisotopic (exact) mass is 242 g/mol. The first-order valence-corrected chi connectivity index (χ1v) is 6.12. The molecule has 0 aliphatic carbocycles. The summed E-state index contributed by atoms with van der Waals surface area (Å²) in [6.45, 7) is 3.31. The maximum Gasteiger partial charge on any atom is 0.131 e. The van der Waals surface area contributed by atoms with Crippen LogP contribution in [0, 0.1) is 0 Å². The summed E-state index contributed by atoms with van der Waals surface area (Å²) in [6.07, 6.45) is 3.98. The first kappa shape index (κ1) is 12.6. The van der Waals surface area contributed by atoms with Crippen molar-refractivity contribution in [3.63, 3.8) is 0 Å². The van der Waals surface area contributed by atoms with E-state index in [9.17, 15) is 0 Å². The first-order chi connectivity index (χ1) is 8.85. The van der Waals surface area contributed by atoms with Crippen LogP contribution in [0.1, 0.15) is 12.6 Å². The van der Waals surface area contributed by atoms with Crippen LogP contribution in [-0.2, 0) is 6.54 Å². The van der Waals surface area contributed by atoms with Gasteiger partial charge in [-0.1, -0.05) is 24.3 Å². The zero-order chi connectivity index (χ0) is 12.8. The maximum atomic E-state index is 5.79. The van der Waals surface area contributed by atoms with Crippen LogP contribution in [0.4, 0.5) is 0 Å². The quantitative estimate of drug-likeness (QED) is 0.819. The minimum Gasteiger partial charge on any atom is -0.489 e. The van der Waals surface area contributed by atoms with Crippen LogP contribution < -0.4 is 10.1 Å². The Hall–Kier alpha value is -1.87. The Kier molecular flexibility index (Phi) is 4.31. The highest BCUT2D eigenvalue weighted by atomic mass is 16.5. The van der Waals surface area contributed by atoms with Crippen LogP contribution >= 0.6 is 0 Å². The average molecular weight is 242 g/mol. The van der Waals surface area contributed by atoms with Gasteiger partial charge in [0.15, 0.2) is 0 Å². The van der Waals surface area contributed by atoms with Crippen LogP contribution in [0.25, 0.3) is 10.9 Å². The third-order valence-corrected chi connectivity index (χ3v) is 2.66. The number of nitrogens with zero attached hydrogens (tertiary/aromatic N) is 1. The number of nitrogens with one attached hydrogen (secondary N) is 1. The van der Waals surface area contributed by atoms with Crippen molar-refractivity contribution in [2.45, 2.75) is 13.5 Å². The molecule has 2 aromatic rings. The molecular weight excluding hydrogens is 224 g/mol. The molecule has 18 heavy (non-hydrogen) atoms. The van der Waals surface area contributed by atoms with E-state index in [-0.39, 0.29) is 0 Å². The Morgan fingerprint density at radius 2 is 2.17 bits per heavy atom. The first-order valence-electron chi connectivity index (χ1n) is 6.12. The van der Waals surface area contributed by atoms with Crippen LogP contribution in [0.3, 0.4) is 0 Å². The third kappa shape index (κ3) is 2.87. The highest BCUT2D eigenvalue weighted by molar-refractivity contribution is 5.85. The predicted octanol–water partition coefficient (Wildman–Crippen LogP) is 2.91. The smallest absolute Gasteiger partial charge is 0.131 e. The second kappa shape index (κ2) is 6.17. The van der Waals surface area contributed by atoms with Crippen LogP contribution in [-0.4, -0.2) is 18.6 Å². The number of allylic oxidation sites excluding steroid dienone is 1. The molecule has 0 saturated heterocycles. The standard InChI is InChI=1S/C15H18N2O/c1-3-4-9-18-15-10-12(11-16-2)17-14-8-6-5-7-13(14)15/h3-8,10,16H,9,11H2,1-2H3. The molecule has 0 bridgehead atoms. The molecule has 0 atom stereocenters. The molecule has 0 aliphatic heterocycles. The van der Waals surface area contributed by atoms with Gasteiger partial charge in [-0.3, -0.25) is 4.98 Å². The predicted molar refractivity (Wildman–Crippen MR) is 74.8 cm³/mol. The van der Waals surface area contributed by atoms with Gasteiger partial charge in [0.25, 0.3) is 0 Å². The van der Waals surface area contributed by atoms with Gasteiger partial charge >= 0.3 is 0 Å². The third-order valence-electron chi connectivity index (χ3n) is 2.66. The van der Waals surface area contributed by atoms with Crippen molar-refractivity contribution in [1.29, 1.82) is 0 Å². The fourth-order valence-electron chi connectivity index (χ4n) is 1.82. The molecule has 1 N–H and O–H groups in total. The van der Waals surface area contributed by atoms with Gasteiger partial charge < -0.3 is 10.1 Å². The van der Waals surface area contributed by atoms with Gasteiger partial charge in [-0.25, -0.2) is 0 Å². The van der Waals surface area contributed by atoms with Crippen LogP contribution in [0.2, 0.25) is 0 Å². The summed E-state index contributed by atoms with van der Waals surface area (Å²) in [6, 6.07) is 10.0. The number of hydrogen-bond donors (Lipinski definition) is 1. The molecule has 1 aromatic carbocycles. The number of para-hydroxylation sites is 1. The van der Waals surface area contributed by atoms with Gasteiger partial charge in [0.05, 0.1) is 11.2 Å². The van der Waals surface area contributed by atoms with Crippen molar-refractivity contribution in [3.05, 3.63) is 48.2 Å². The molecule has 3 heteroatoms. The van der Waals surface area contributed by atoms with Gasteiger partial charge in [-0.05, 0) is 26.1 Å². The molecule has 1 aromatic heterocycles. The Balaban J connectivity index is 2.39. The minimum absolute atomic E-state index is 0.587. The number of aromatic nitrogens is 1. The molecule has 94 valence electrons. The normalized spacial score (nSPS) is 11.2. The lowest BCUT2D eigenvalue weighted by atomic mass is 10.2. The highest BCUT2D eigenvalue weighted by Gasteiger charge is 2.05. The van der Waals surface area contributed by atoms with E-state index in [1.165, 1.54) is 0 Å². The number of hydrogen-bond acceptors (Lipinski definition) is 3. The SMILES string of the molecule is CC=CCOc1cc(CNC)nc2ccccc12. The van der Waals surface area contributed by atoms with Crippen molar-refractivity contribution < 1.29 is 4.74 Å². The molecule has 0 fully saturated rings. The van der Waals surface area contributed by atoms with Crippen LogP contribution in [0.5, 0.6) is 5.75 Å². The average Bonchev–Trinajstić information content (AvgIpc) is 2.39. The largest absolute Gasteiger partial charge is 0.489 e. The van der Waals surface area contributed by atoms with Crippen molar-refractivity contribution in [3.8, 4) is 5.75 Å². The van der Waals surface area contributed by atoms with Gasteiger partial charge in [0.1, 0.15) is 12.4 Å². The maximum absolute atomic E-state index is 5.79. The fraction of sp³-hybridized carbons (Fsp3) is 0.267. The lowest BCUT2D eigenvalue weighted by molar-refractivity contribution is 0.366. The Labute approximate surface area is 107 Å². The van der Waals surface area contributed by atoms with Crippen molar-refractivity contribution in [2.24, 2.45) is 0 Å². The van der Waals surface area contributed by atoms with Crippen molar-refractivity contribution in [1.82, 2.24) is 10.3 Å². The summed E-state index contributed by atoms with van der Waals surface area (Å²) in [5.41, 5.74) is 1.97. The second-order valence-electron chi connectivity index (χ2n) is 4.04. The summed E-state index contributed by atoms with van der Waals surface area (Å²) in [4.78, 5) is 4.59. The van der Waals surface area contributed by atoms with Gasteiger partial charge in [-0.2, -0.15) is 0 Å². The van der Waals surface area contributed by atoms with E-state index >= 15 is 0 Å². The van der Waals surface area contributed by atoms with E-state index in [2.05, 4.69) is 10.3 Å². The molecule has 0 saturated carbocycles. The zero-order valence-corrected chi connectivity index (χ0v) is 10.8. The van der Waals surface area contributed by atoms with E-state index in [1.54, 1.807) is 0 Å². The molecule has 1 heterocycles. The summed E-state index contributed by atoms with van der Waals surface area (Å²) in [7, 11) is 1.91. The lowest BCUT2D eigenvalue weighted by Crippen LogP contribution is -2.07. The summed E-state index contributed by atoms with van der Waals surface area (Å²) in [5, 5.41) is 4.17. The van der Waals surface area contributed by atoms with Crippen molar-refractivity contribution >= 4 is 10.9 Å². The molecule has 0 spiro atoms. The Bertz CT molecular complexity index is 549. The topological polar surface area (TPSA) is 34.1 Å². The summed E-state index contributed by atoms with van der Waals surface area (Å²) in [5.74, 6) is 0.893. The van der Waals surface area contributed by atoms with Crippen molar-refractivity contribution in [2.75, 3.05) is 13.7 Å². The lowest BCUT2D eigenvalue weighted by Gasteiger charge is -2.10. The zero-order valence-electron chi connectivity index (χ0n) is 10.8. The fourth-order valence-corrected chi connectivity index (χ4v) is 1.82. The minimum atomic E-state index is 0.587. The number of pyridine rings is 1. The summed E-state index contributed by atoms with van der Waals surface area (Å²) < 4.78 is 5.79. The van der Waals surface area contributed by atoms with Gasteiger partial charge in [0, 0.05) is 18.0 Å². The van der Waals surface area contributed by atoms with Crippen LogP contribution in [0.15, 0.2) is 42.5 Å². The Morgan fingerprint density at radius 1 is 1.33 bits per heavy atom. The molecule has 0 radical (unpaired) electrons. The van der Waals surface area contributed by atoms with E-state index < -0.39 is 0 Å². The number of fused-ring (bicyclic) bond motifs is 1. The van der Waals surface area contributed by atoms with E-state index in [0.29, 0.717) is 6.61 Å². The number of benzene rings is 1. The van der Waals surface area contributed by atoms with E-state index in [1.807, 2.05) is 56.5 Å². The van der Waals surface area contributed by atoms with Gasteiger partial charge in [0.2, 0.25) is 0 Å². The highest BCUT2D eigenvalue weighted by Crippen LogP contribution is 2.25. The molecule has 0 aliphatic rings. The second-order valence-corrected chi connectivity index (χ2v) is 4.04. The van der Waals surface area contributed by atoms with E-state index in [0.717, 1.165) is 28.9 Å². The molecule has 0 amide bonds. The number of rotatable bonds is 5. The Morgan fingerprint density at radius 3 is 2.94 bits per heavy atom. The molecule has 0 unspecified atom stereocenters. The molecule has 2 rings (SSSR count). The summed E-state index contributed by atoms with van der Waals surface area (Å²) >= 11 is 0. The van der Waals surface area contributed by atoms with Gasteiger partial charge in [-0.15, -0.1) is 0 Å².